The van der Waals surface area contributed by atoms with Gasteiger partial charge >= 0.3 is 0 Å². The van der Waals surface area contributed by atoms with Crippen LogP contribution in [0.2, 0.25) is 5.02 Å². The lowest BCUT2D eigenvalue weighted by molar-refractivity contribution is -0.139. The van der Waals surface area contributed by atoms with Crippen molar-refractivity contribution in [3.05, 3.63) is 65.2 Å². The van der Waals surface area contributed by atoms with E-state index in [1.54, 1.807) is 24.3 Å². The van der Waals surface area contributed by atoms with E-state index in [9.17, 15) is 14.4 Å². The minimum atomic E-state index is -0.265. The normalized spacial score (nSPS) is 13.8. The van der Waals surface area contributed by atoms with Gasteiger partial charge in [0.1, 0.15) is 19.8 Å². The van der Waals surface area contributed by atoms with E-state index >= 15 is 0 Å². The number of nitrogens with zero attached hydrogens (tertiary/aromatic N) is 3. The predicted octanol–water partition coefficient (Wildman–Crippen LogP) is 2.52. The summed E-state index contributed by atoms with van der Waals surface area (Å²) in [7, 11) is 0. The van der Waals surface area contributed by atoms with Crippen LogP contribution in [0.25, 0.3) is 0 Å². The molecule has 1 aliphatic heterocycles. The molecule has 3 rings (SSSR count). The minimum Gasteiger partial charge on any atom is -0.329 e. The maximum Gasteiger partial charge on any atom is 0.248 e. The van der Waals surface area contributed by atoms with Gasteiger partial charge < -0.3 is 9.80 Å². The molecule has 0 saturated carbocycles. The standard InChI is InChI=1S/C20H20ClN3O3/c1-15(25)22(11-16-6-3-2-4-7-16)12-19(26)23-13-20(27)24(14-23)18-9-5-8-17(21)10-18/h2-10H,11-14H2,1H3. The molecule has 0 aromatic heterocycles. The van der Waals surface area contributed by atoms with Crippen LogP contribution < -0.4 is 4.90 Å². The molecule has 0 bridgehead atoms. The molecule has 2 aromatic rings. The van der Waals surface area contributed by atoms with E-state index in [1.165, 1.54) is 21.6 Å². The topological polar surface area (TPSA) is 60.9 Å². The van der Waals surface area contributed by atoms with Gasteiger partial charge in [0.05, 0.1) is 0 Å². The maximum absolute atomic E-state index is 12.7. The highest BCUT2D eigenvalue weighted by atomic mass is 35.5. The van der Waals surface area contributed by atoms with Gasteiger partial charge in [-0.25, -0.2) is 0 Å². The summed E-state index contributed by atoms with van der Waals surface area (Å²) in [5.74, 6) is -0.633. The van der Waals surface area contributed by atoms with Crippen molar-refractivity contribution < 1.29 is 14.4 Å². The van der Waals surface area contributed by atoms with Gasteiger partial charge in [-0.15, -0.1) is 0 Å². The summed E-state index contributed by atoms with van der Waals surface area (Å²) in [5, 5.41) is 0.524. The molecule has 0 N–H and O–H groups in total. The molecular weight excluding hydrogens is 366 g/mol. The fourth-order valence-electron chi connectivity index (χ4n) is 2.93. The van der Waals surface area contributed by atoms with Crippen molar-refractivity contribution in [3.63, 3.8) is 0 Å². The molecule has 2 aromatic carbocycles. The minimum absolute atomic E-state index is 0.0115. The van der Waals surface area contributed by atoms with Crippen LogP contribution in [0.3, 0.4) is 0 Å². The molecule has 0 unspecified atom stereocenters. The monoisotopic (exact) mass is 385 g/mol. The first-order valence-electron chi connectivity index (χ1n) is 8.57. The summed E-state index contributed by atoms with van der Waals surface area (Å²) in [5.41, 5.74) is 1.59. The number of halogens is 1. The van der Waals surface area contributed by atoms with Crippen molar-refractivity contribution in [2.45, 2.75) is 13.5 Å². The number of benzene rings is 2. The smallest absolute Gasteiger partial charge is 0.248 e. The van der Waals surface area contributed by atoms with Gasteiger partial charge in [0.15, 0.2) is 0 Å². The molecule has 3 amide bonds. The lowest BCUT2D eigenvalue weighted by Gasteiger charge is -2.24. The second kappa shape index (κ2) is 8.22. The first kappa shape index (κ1) is 18.9. The largest absolute Gasteiger partial charge is 0.329 e. The summed E-state index contributed by atoms with van der Waals surface area (Å²) in [6, 6.07) is 16.4. The Balaban J connectivity index is 1.66. The van der Waals surface area contributed by atoms with Gasteiger partial charge in [-0.05, 0) is 23.8 Å². The van der Waals surface area contributed by atoms with E-state index in [2.05, 4.69) is 0 Å². The fourth-order valence-corrected chi connectivity index (χ4v) is 3.12. The van der Waals surface area contributed by atoms with Crippen molar-refractivity contribution in [1.29, 1.82) is 0 Å². The van der Waals surface area contributed by atoms with Gasteiger partial charge in [0.2, 0.25) is 17.7 Å². The molecule has 1 heterocycles. The van der Waals surface area contributed by atoms with Crippen LogP contribution in [0.1, 0.15) is 12.5 Å². The van der Waals surface area contributed by atoms with Crippen LogP contribution in [0.5, 0.6) is 0 Å². The van der Waals surface area contributed by atoms with Gasteiger partial charge in [0.25, 0.3) is 0 Å². The third kappa shape index (κ3) is 4.65. The first-order valence-corrected chi connectivity index (χ1v) is 8.95. The van der Waals surface area contributed by atoms with Crippen LogP contribution in [0.15, 0.2) is 54.6 Å². The SMILES string of the molecule is CC(=O)N(CC(=O)N1CC(=O)N(c2cccc(Cl)c2)C1)Cc1ccccc1. The molecule has 140 valence electrons. The van der Waals surface area contributed by atoms with Crippen molar-refractivity contribution >= 4 is 35.0 Å². The van der Waals surface area contributed by atoms with E-state index in [0.717, 1.165) is 5.56 Å². The molecule has 0 atom stereocenters. The lowest BCUT2D eigenvalue weighted by Crippen LogP contribution is -2.41. The number of carbonyl (C=O) groups excluding carboxylic acids is 3. The predicted molar refractivity (Wildman–Crippen MR) is 103 cm³/mol. The first-order chi connectivity index (χ1) is 12.9. The molecule has 0 radical (unpaired) electrons. The van der Waals surface area contributed by atoms with Gasteiger partial charge in [-0.1, -0.05) is 48.0 Å². The Bertz CT molecular complexity index is 857. The zero-order valence-electron chi connectivity index (χ0n) is 15.0. The number of anilines is 1. The lowest BCUT2D eigenvalue weighted by atomic mass is 10.2. The maximum atomic E-state index is 12.7. The number of amides is 3. The van der Waals surface area contributed by atoms with Crippen LogP contribution in [0.4, 0.5) is 5.69 Å². The average Bonchev–Trinajstić information content (AvgIpc) is 3.04. The third-order valence-corrected chi connectivity index (χ3v) is 4.63. The summed E-state index contributed by atoms with van der Waals surface area (Å²) in [6.07, 6.45) is 0. The van der Waals surface area contributed by atoms with Crippen molar-refractivity contribution in [3.8, 4) is 0 Å². The Morgan fingerprint density at radius 3 is 2.52 bits per heavy atom. The second-order valence-corrected chi connectivity index (χ2v) is 6.83. The zero-order chi connectivity index (χ0) is 19.4. The molecular formula is C20H20ClN3O3. The van der Waals surface area contributed by atoms with Crippen molar-refractivity contribution in [2.75, 3.05) is 24.7 Å². The Labute approximate surface area is 162 Å². The van der Waals surface area contributed by atoms with Gasteiger partial charge in [0, 0.05) is 24.2 Å². The average molecular weight is 386 g/mol. The summed E-state index contributed by atoms with van der Waals surface area (Å²) < 4.78 is 0. The molecule has 0 aliphatic carbocycles. The molecule has 27 heavy (non-hydrogen) atoms. The van der Waals surface area contributed by atoms with Crippen molar-refractivity contribution in [1.82, 2.24) is 9.80 Å². The van der Waals surface area contributed by atoms with Gasteiger partial charge in [-0.2, -0.15) is 0 Å². The molecule has 1 fully saturated rings. The summed E-state index contributed by atoms with van der Waals surface area (Å²) in [4.78, 5) is 41.4. The Kier molecular flexibility index (Phi) is 5.76. The molecule has 1 aliphatic rings. The third-order valence-electron chi connectivity index (χ3n) is 4.40. The highest BCUT2D eigenvalue weighted by Crippen LogP contribution is 2.23. The Morgan fingerprint density at radius 1 is 1.11 bits per heavy atom. The Hall–Kier alpha value is -2.86. The summed E-state index contributed by atoms with van der Waals surface area (Å²) >= 11 is 5.99. The Morgan fingerprint density at radius 2 is 1.85 bits per heavy atom. The zero-order valence-corrected chi connectivity index (χ0v) is 15.7. The molecule has 6 nitrogen and oxygen atoms in total. The van der Waals surface area contributed by atoms with Crippen molar-refractivity contribution in [2.24, 2.45) is 0 Å². The van der Waals surface area contributed by atoms with Gasteiger partial charge in [-0.3, -0.25) is 19.3 Å². The summed E-state index contributed by atoms with van der Waals surface area (Å²) in [6.45, 7) is 1.85. The van der Waals surface area contributed by atoms with E-state index < -0.39 is 0 Å². The van der Waals surface area contributed by atoms with E-state index in [4.69, 9.17) is 11.6 Å². The number of hydrogen-bond donors (Lipinski definition) is 0. The number of hydrogen-bond acceptors (Lipinski definition) is 3. The fraction of sp³-hybridized carbons (Fsp3) is 0.250. The van der Waals surface area contributed by atoms with Crippen LogP contribution in [-0.4, -0.2) is 47.3 Å². The molecule has 7 heteroatoms. The van der Waals surface area contributed by atoms with Crippen LogP contribution >= 0.6 is 11.6 Å². The molecule has 0 spiro atoms. The quantitative estimate of drug-likeness (QED) is 0.794. The number of carbonyl (C=O) groups is 3. The van der Waals surface area contributed by atoms with E-state index in [1.807, 2.05) is 30.3 Å². The highest BCUT2D eigenvalue weighted by Gasteiger charge is 2.32. The second-order valence-electron chi connectivity index (χ2n) is 6.40. The molecule has 1 saturated heterocycles. The van der Waals surface area contributed by atoms with Crippen LogP contribution in [0, 0.1) is 0 Å². The highest BCUT2D eigenvalue weighted by molar-refractivity contribution is 6.31. The van der Waals surface area contributed by atoms with Crippen LogP contribution in [-0.2, 0) is 20.9 Å². The van der Waals surface area contributed by atoms with E-state index in [-0.39, 0.29) is 37.5 Å². The van der Waals surface area contributed by atoms with E-state index in [0.29, 0.717) is 17.3 Å². The number of rotatable bonds is 5.